The minimum Gasteiger partial charge on any atom is -0.367 e. The minimum atomic E-state index is -4.36. The normalized spacial score (nSPS) is 12.5. The van der Waals surface area contributed by atoms with E-state index in [-0.39, 0.29) is 30.9 Å². The number of rotatable bonds is 10. The van der Waals surface area contributed by atoms with Crippen LogP contribution in [0.15, 0.2) is 54.6 Å². The smallest absolute Gasteiger partial charge is 0.367 e. The Morgan fingerprint density at radius 2 is 1.58 bits per heavy atom. The quantitative estimate of drug-likeness (QED) is 0.584. The molecule has 0 heterocycles. The van der Waals surface area contributed by atoms with Gasteiger partial charge in [-0.2, -0.15) is 13.2 Å². The number of halogens is 3. The summed E-state index contributed by atoms with van der Waals surface area (Å²) in [5.74, 6) is -0.388. The van der Waals surface area contributed by atoms with E-state index >= 15 is 0 Å². The zero-order valence-electron chi connectivity index (χ0n) is 17.5. The Morgan fingerprint density at radius 1 is 0.968 bits per heavy atom. The molecular formula is C23H27F3N2O3. The summed E-state index contributed by atoms with van der Waals surface area (Å²) in [5, 5.41) is 5.59. The highest BCUT2D eigenvalue weighted by Crippen LogP contribution is 2.17. The number of benzene rings is 2. The lowest BCUT2D eigenvalue weighted by molar-refractivity contribution is -0.176. The van der Waals surface area contributed by atoms with Gasteiger partial charge in [-0.05, 0) is 22.6 Å². The number of nitrogens with one attached hydrogen (secondary N) is 2. The van der Waals surface area contributed by atoms with Gasteiger partial charge in [0.25, 0.3) is 0 Å². The van der Waals surface area contributed by atoms with Crippen LogP contribution in [0.25, 0.3) is 0 Å². The van der Waals surface area contributed by atoms with E-state index < -0.39 is 18.8 Å². The van der Waals surface area contributed by atoms with Crippen LogP contribution in [0.1, 0.15) is 43.0 Å². The molecule has 5 nitrogen and oxygen atoms in total. The monoisotopic (exact) mass is 436 g/mol. The zero-order valence-corrected chi connectivity index (χ0v) is 17.5. The molecule has 31 heavy (non-hydrogen) atoms. The lowest BCUT2D eigenvalue weighted by Gasteiger charge is -2.19. The molecule has 8 heteroatoms. The van der Waals surface area contributed by atoms with Crippen molar-refractivity contribution < 1.29 is 27.5 Å². The summed E-state index contributed by atoms with van der Waals surface area (Å²) in [7, 11) is 0. The van der Waals surface area contributed by atoms with Gasteiger partial charge in [-0.25, -0.2) is 0 Å². The lowest BCUT2D eigenvalue weighted by Crippen LogP contribution is -2.40. The van der Waals surface area contributed by atoms with Crippen molar-refractivity contribution >= 4 is 11.8 Å². The van der Waals surface area contributed by atoms with Gasteiger partial charge in [0.1, 0.15) is 12.6 Å². The second-order valence-corrected chi connectivity index (χ2v) is 7.65. The van der Waals surface area contributed by atoms with Gasteiger partial charge in [-0.15, -0.1) is 0 Å². The third-order valence-electron chi connectivity index (χ3n) is 4.32. The Morgan fingerprint density at radius 3 is 2.16 bits per heavy atom. The minimum absolute atomic E-state index is 0.149. The van der Waals surface area contributed by atoms with E-state index in [1.54, 1.807) is 48.5 Å². The van der Waals surface area contributed by atoms with Crippen molar-refractivity contribution in [2.24, 2.45) is 5.92 Å². The molecule has 168 valence electrons. The van der Waals surface area contributed by atoms with Crippen LogP contribution in [0, 0.1) is 5.92 Å². The van der Waals surface area contributed by atoms with Crippen molar-refractivity contribution in [1.29, 1.82) is 0 Å². The number of alkyl halides is 3. The Kier molecular flexibility index (Phi) is 9.05. The van der Waals surface area contributed by atoms with Crippen LogP contribution in [0.5, 0.6) is 0 Å². The van der Waals surface area contributed by atoms with Crippen LogP contribution in [0.3, 0.4) is 0 Å². The fourth-order valence-corrected chi connectivity index (χ4v) is 2.87. The number of hydrogen-bond acceptors (Lipinski definition) is 3. The average Bonchev–Trinajstić information content (AvgIpc) is 2.70. The van der Waals surface area contributed by atoms with Gasteiger partial charge in [0.2, 0.25) is 11.8 Å². The number of carbonyl (C=O) groups excluding carboxylic acids is 2. The summed E-state index contributed by atoms with van der Waals surface area (Å²) in [6, 6.07) is 14.9. The van der Waals surface area contributed by atoms with Gasteiger partial charge in [0.05, 0.1) is 6.61 Å². The van der Waals surface area contributed by atoms with Crippen molar-refractivity contribution in [3.63, 3.8) is 0 Å². The molecule has 1 atom stereocenters. The molecule has 2 N–H and O–H groups in total. The topological polar surface area (TPSA) is 67.4 Å². The third kappa shape index (κ3) is 9.21. The Hall–Kier alpha value is -2.87. The maximum absolute atomic E-state index is 12.8. The second-order valence-electron chi connectivity index (χ2n) is 7.65. The van der Waals surface area contributed by atoms with E-state index in [0.717, 1.165) is 5.56 Å². The molecule has 0 fully saturated rings. The van der Waals surface area contributed by atoms with E-state index in [2.05, 4.69) is 15.4 Å². The Balaban J connectivity index is 1.94. The fourth-order valence-electron chi connectivity index (χ4n) is 2.87. The summed E-state index contributed by atoms with van der Waals surface area (Å²) in [4.78, 5) is 25.0. The number of carbonyl (C=O) groups is 2. The van der Waals surface area contributed by atoms with Crippen LogP contribution in [-0.2, 0) is 27.5 Å². The highest BCUT2D eigenvalue weighted by molar-refractivity contribution is 5.88. The van der Waals surface area contributed by atoms with Crippen molar-refractivity contribution in [3.05, 3.63) is 71.3 Å². The van der Waals surface area contributed by atoms with Crippen LogP contribution in [0.4, 0.5) is 13.2 Å². The molecule has 1 unspecified atom stereocenters. The Labute approximate surface area is 180 Å². The maximum Gasteiger partial charge on any atom is 0.411 e. The molecule has 0 spiro atoms. The van der Waals surface area contributed by atoms with E-state index in [1.165, 1.54) is 0 Å². The maximum atomic E-state index is 12.8. The lowest BCUT2D eigenvalue weighted by atomic mass is 10.0. The van der Waals surface area contributed by atoms with Crippen LogP contribution < -0.4 is 10.6 Å². The van der Waals surface area contributed by atoms with Gasteiger partial charge in [-0.3, -0.25) is 9.59 Å². The molecule has 2 aromatic rings. The van der Waals surface area contributed by atoms with Crippen molar-refractivity contribution in [1.82, 2.24) is 10.6 Å². The summed E-state index contributed by atoms with van der Waals surface area (Å²) in [6.07, 6.45) is -4.04. The number of ether oxygens (including phenoxy) is 1. The molecule has 0 bridgehead atoms. The van der Waals surface area contributed by atoms with Crippen LogP contribution in [-0.4, -0.2) is 24.6 Å². The van der Waals surface area contributed by atoms with E-state index in [1.807, 2.05) is 19.9 Å². The first-order valence-corrected chi connectivity index (χ1v) is 9.98. The molecule has 0 saturated heterocycles. The van der Waals surface area contributed by atoms with Crippen molar-refractivity contribution in [2.75, 3.05) is 6.61 Å². The van der Waals surface area contributed by atoms with Crippen molar-refractivity contribution in [2.45, 2.75) is 45.6 Å². The first kappa shape index (κ1) is 24.4. The van der Waals surface area contributed by atoms with Gasteiger partial charge >= 0.3 is 6.18 Å². The molecule has 0 saturated carbocycles. The van der Waals surface area contributed by atoms with Gasteiger partial charge in [-0.1, -0.05) is 68.4 Å². The largest absolute Gasteiger partial charge is 0.411 e. The SMILES string of the molecule is CC(C)CC(=O)NC(C(=O)NCc1ccc(COCC(F)(F)F)cc1)c1ccccc1. The molecule has 0 radical (unpaired) electrons. The standard InChI is InChI=1S/C23H27F3N2O3/c1-16(2)12-20(29)28-21(19-6-4-3-5-7-19)22(30)27-13-17-8-10-18(11-9-17)14-31-15-23(24,25)26/h3-11,16,21H,12-15H2,1-2H3,(H,27,30)(H,28,29). The zero-order chi connectivity index (χ0) is 22.9. The fraction of sp³-hybridized carbons (Fsp3) is 0.391. The summed E-state index contributed by atoms with van der Waals surface area (Å²) in [6.45, 7) is 2.62. The van der Waals surface area contributed by atoms with Crippen molar-refractivity contribution in [3.8, 4) is 0 Å². The highest BCUT2D eigenvalue weighted by atomic mass is 19.4. The predicted molar refractivity (Wildman–Crippen MR) is 111 cm³/mol. The van der Waals surface area contributed by atoms with Gasteiger partial charge in [0.15, 0.2) is 0 Å². The van der Waals surface area contributed by atoms with E-state index in [9.17, 15) is 22.8 Å². The summed E-state index contributed by atoms with van der Waals surface area (Å²) >= 11 is 0. The number of amides is 2. The number of hydrogen-bond donors (Lipinski definition) is 2. The van der Waals surface area contributed by atoms with Gasteiger partial charge < -0.3 is 15.4 Å². The third-order valence-corrected chi connectivity index (χ3v) is 4.32. The molecule has 0 aliphatic rings. The van der Waals surface area contributed by atoms with E-state index in [0.29, 0.717) is 17.5 Å². The summed E-state index contributed by atoms with van der Waals surface area (Å²) < 4.78 is 41.0. The molecule has 0 aliphatic heterocycles. The average molecular weight is 436 g/mol. The molecule has 2 aromatic carbocycles. The molecule has 0 aliphatic carbocycles. The first-order chi connectivity index (χ1) is 14.6. The van der Waals surface area contributed by atoms with Crippen LogP contribution in [0.2, 0.25) is 0 Å². The summed E-state index contributed by atoms with van der Waals surface area (Å²) in [5.41, 5.74) is 2.05. The molecule has 2 amide bonds. The second kappa shape index (κ2) is 11.5. The molecule has 2 rings (SSSR count). The predicted octanol–water partition coefficient (Wildman–Crippen LogP) is 4.29. The Bertz CT molecular complexity index is 837. The van der Waals surface area contributed by atoms with Gasteiger partial charge in [0, 0.05) is 13.0 Å². The molecular weight excluding hydrogens is 409 g/mol. The molecule has 0 aromatic heterocycles. The highest BCUT2D eigenvalue weighted by Gasteiger charge is 2.27. The van der Waals surface area contributed by atoms with Crippen LogP contribution >= 0.6 is 0 Å². The first-order valence-electron chi connectivity index (χ1n) is 9.98. The van der Waals surface area contributed by atoms with E-state index in [4.69, 9.17) is 0 Å².